The summed E-state index contributed by atoms with van der Waals surface area (Å²) in [5, 5.41) is 10.1. The van der Waals surface area contributed by atoms with Crippen molar-refractivity contribution < 1.29 is 24.2 Å². The quantitative estimate of drug-likeness (QED) is 0.635. The molecule has 0 bridgehead atoms. The van der Waals surface area contributed by atoms with Crippen molar-refractivity contribution in [2.45, 2.75) is 46.3 Å². The van der Waals surface area contributed by atoms with Gasteiger partial charge in [-0.25, -0.2) is 4.79 Å². The van der Waals surface area contributed by atoms with E-state index in [-0.39, 0.29) is 23.6 Å². The topological polar surface area (TPSA) is 72.8 Å². The number of esters is 1. The van der Waals surface area contributed by atoms with Crippen LogP contribution in [0.15, 0.2) is 34.6 Å². The molecule has 1 fully saturated rings. The molecular formula is C19H24O5. The minimum atomic E-state index is -0.539. The zero-order chi connectivity index (χ0) is 17.8. The lowest BCUT2D eigenvalue weighted by atomic mass is 9.82. The molecule has 5 heteroatoms. The number of ketones is 1. The number of Topliss-reactive ketones (excluding diaryl/α,β-unsaturated/α-hetero) is 1. The molecule has 0 aromatic heterocycles. The number of fused-ring (bicyclic) bond motifs is 3. The van der Waals surface area contributed by atoms with E-state index in [9.17, 15) is 14.7 Å². The zero-order valence-electron chi connectivity index (χ0n) is 14.6. The molecule has 0 amide bonds. The molecule has 3 aliphatic rings. The lowest BCUT2D eigenvalue weighted by Crippen LogP contribution is -2.35. The number of hydrogen-bond acceptors (Lipinski definition) is 5. The van der Waals surface area contributed by atoms with Gasteiger partial charge in [0.1, 0.15) is 6.10 Å². The smallest absolute Gasteiger partial charge is 0.334 e. The van der Waals surface area contributed by atoms with Crippen LogP contribution in [0.3, 0.4) is 0 Å². The Morgan fingerprint density at radius 3 is 2.62 bits per heavy atom. The molecular weight excluding hydrogens is 308 g/mol. The van der Waals surface area contributed by atoms with E-state index in [1.165, 1.54) is 0 Å². The molecule has 3 rings (SSSR count). The van der Waals surface area contributed by atoms with Crippen LogP contribution in [0, 0.1) is 17.8 Å². The van der Waals surface area contributed by atoms with Crippen molar-refractivity contribution >= 4 is 11.8 Å². The van der Waals surface area contributed by atoms with Gasteiger partial charge in [-0.1, -0.05) is 26.0 Å². The minimum absolute atomic E-state index is 0.219. The summed E-state index contributed by atoms with van der Waals surface area (Å²) in [4.78, 5) is 24.6. The maximum Gasteiger partial charge on any atom is 0.334 e. The van der Waals surface area contributed by atoms with Gasteiger partial charge in [0, 0.05) is 17.8 Å². The number of aliphatic hydroxyl groups is 1. The molecule has 130 valence electrons. The van der Waals surface area contributed by atoms with Gasteiger partial charge in [0.2, 0.25) is 5.78 Å². The molecule has 24 heavy (non-hydrogen) atoms. The van der Waals surface area contributed by atoms with Gasteiger partial charge in [0.05, 0.1) is 17.9 Å². The van der Waals surface area contributed by atoms with E-state index >= 15 is 0 Å². The van der Waals surface area contributed by atoms with Gasteiger partial charge in [-0.2, -0.15) is 0 Å². The summed E-state index contributed by atoms with van der Waals surface area (Å²) in [6.07, 6.45) is -0.262. The molecule has 0 aromatic rings. The Kier molecular flexibility index (Phi) is 4.16. The third-order valence-electron chi connectivity index (χ3n) is 5.21. The van der Waals surface area contributed by atoms with Crippen LogP contribution in [0.4, 0.5) is 0 Å². The van der Waals surface area contributed by atoms with Gasteiger partial charge in [0.15, 0.2) is 5.76 Å². The van der Waals surface area contributed by atoms with Crippen molar-refractivity contribution in [3.63, 3.8) is 0 Å². The van der Waals surface area contributed by atoms with E-state index in [0.29, 0.717) is 35.7 Å². The van der Waals surface area contributed by atoms with Crippen LogP contribution in [0.25, 0.3) is 0 Å². The highest BCUT2D eigenvalue weighted by molar-refractivity contribution is 6.11. The third-order valence-corrected chi connectivity index (χ3v) is 5.21. The Hall–Kier alpha value is -1.88. The molecule has 1 heterocycles. The van der Waals surface area contributed by atoms with Crippen LogP contribution in [0.2, 0.25) is 0 Å². The van der Waals surface area contributed by atoms with Crippen molar-refractivity contribution in [3.8, 4) is 0 Å². The number of rotatable bonds is 3. The first-order valence-electron chi connectivity index (χ1n) is 8.39. The Morgan fingerprint density at radius 2 is 2.00 bits per heavy atom. The first-order valence-corrected chi connectivity index (χ1v) is 8.39. The second-order valence-electron chi connectivity index (χ2n) is 7.42. The lowest BCUT2D eigenvalue weighted by molar-refractivity contribution is -0.141. The van der Waals surface area contributed by atoms with Gasteiger partial charge in [0.25, 0.3) is 0 Å². The van der Waals surface area contributed by atoms with Crippen LogP contribution in [-0.4, -0.2) is 35.7 Å². The third kappa shape index (κ3) is 2.42. The van der Waals surface area contributed by atoms with Gasteiger partial charge < -0.3 is 14.6 Å². The molecule has 1 saturated heterocycles. The standard InChI is InChI=1S/C19H24O5/c1-8(2)7-23-12-6-9(3)13-15(10(4)16(20)17(13)21)18-14(12)11(5)19(22)24-18/h8,12,14-15,18,20H,5-7H2,1-4H3. The van der Waals surface area contributed by atoms with Crippen LogP contribution in [0.5, 0.6) is 0 Å². The molecule has 0 radical (unpaired) electrons. The van der Waals surface area contributed by atoms with E-state index in [4.69, 9.17) is 9.47 Å². The number of carbonyl (C=O) groups is 2. The lowest BCUT2D eigenvalue weighted by Gasteiger charge is -2.28. The highest BCUT2D eigenvalue weighted by atomic mass is 16.6. The summed E-state index contributed by atoms with van der Waals surface area (Å²) in [6, 6.07) is 0. The summed E-state index contributed by atoms with van der Waals surface area (Å²) in [7, 11) is 0. The van der Waals surface area contributed by atoms with Crippen molar-refractivity contribution in [1.29, 1.82) is 0 Å². The number of carbonyl (C=O) groups excluding carboxylic acids is 2. The molecule has 4 atom stereocenters. The van der Waals surface area contributed by atoms with E-state index in [1.54, 1.807) is 6.92 Å². The molecule has 4 unspecified atom stereocenters. The SMILES string of the molecule is C=C1C(=O)OC2C3C(C)=C(O)C(=O)C3=C(C)CC(OCC(C)C)C12. The Bertz CT molecular complexity index is 682. The predicted molar refractivity (Wildman–Crippen MR) is 88.2 cm³/mol. The Labute approximate surface area is 142 Å². The Morgan fingerprint density at radius 1 is 1.33 bits per heavy atom. The maximum absolute atomic E-state index is 12.5. The van der Waals surface area contributed by atoms with Gasteiger partial charge in [-0.05, 0) is 31.8 Å². The second-order valence-corrected chi connectivity index (χ2v) is 7.42. The largest absolute Gasteiger partial charge is 0.504 e. The van der Waals surface area contributed by atoms with Crippen molar-refractivity contribution in [3.05, 3.63) is 34.6 Å². The Balaban J connectivity index is 2.05. The van der Waals surface area contributed by atoms with Crippen LogP contribution in [0.1, 0.15) is 34.1 Å². The second kappa shape index (κ2) is 5.88. The summed E-state index contributed by atoms with van der Waals surface area (Å²) < 4.78 is 11.6. The monoisotopic (exact) mass is 332 g/mol. The first-order chi connectivity index (χ1) is 11.2. The number of allylic oxidation sites excluding steroid dienone is 1. The molecule has 1 N–H and O–H groups in total. The van der Waals surface area contributed by atoms with Gasteiger partial charge >= 0.3 is 5.97 Å². The summed E-state index contributed by atoms with van der Waals surface area (Å²) in [5.74, 6) is -1.36. The molecule has 2 aliphatic carbocycles. The summed E-state index contributed by atoms with van der Waals surface area (Å²) in [6.45, 7) is 12.2. The van der Waals surface area contributed by atoms with Gasteiger partial charge in [-0.3, -0.25) is 4.79 Å². The van der Waals surface area contributed by atoms with Gasteiger partial charge in [-0.15, -0.1) is 0 Å². The van der Waals surface area contributed by atoms with Crippen molar-refractivity contribution in [1.82, 2.24) is 0 Å². The molecule has 5 nitrogen and oxygen atoms in total. The van der Waals surface area contributed by atoms with E-state index < -0.39 is 18.0 Å². The van der Waals surface area contributed by atoms with Crippen molar-refractivity contribution in [2.24, 2.45) is 17.8 Å². The minimum Gasteiger partial charge on any atom is -0.504 e. The van der Waals surface area contributed by atoms with Crippen LogP contribution in [-0.2, 0) is 19.1 Å². The normalized spacial score (nSPS) is 33.1. The molecule has 0 aromatic carbocycles. The number of aliphatic hydroxyl groups excluding tert-OH is 1. The molecule has 0 saturated carbocycles. The zero-order valence-corrected chi connectivity index (χ0v) is 14.6. The van der Waals surface area contributed by atoms with Crippen LogP contribution >= 0.6 is 0 Å². The fraction of sp³-hybridized carbons (Fsp3) is 0.579. The fourth-order valence-corrected chi connectivity index (χ4v) is 4.02. The highest BCUT2D eigenvalue weighted by Crippen LogP contribution is 2.49. The first kappa shape index (κ1) is 17.0. The van der Waals surface area contributed by atoms with E-state index in [1.807, 2.05) is 6.92 Å². The summed E-state index contributed by atoms with van der Waals surface area (Å²) >= 11 is 0. The number of ether oxygens (including phenoxy) is 2. The van der Waals surface area contributed by atoms with E-state index in [0.717, 1.165) is 5.57 Å². The fourth-order valence-electron chi connectivity index (χ4n) is 4.02. The maximum atomic E-state index is 12.5. The van der Waals surface area contributed by atoms with E-state index in [2.05, 4.69) is 20.4 Å². The average molecular weight is 332 g/mol. The predicted octanol–water partition coefficient (Wildman–Crippen LogP) is 2.88. The van der Waals surface area contributed by atoms with Crippen molar-refractivity contribution in [2.75, 3.05) is 6.61 Å². The summed E-state index contributed by atoms with van der Waals surface area (Å²) in [5.41, 5.74) is 2.41. The highest BCUT2D eigenvalue weighted by Gasteiger charge is 2.54. The van der Waals surface area contributed by atoms with Crippen LogP contribution < -0.4 is 0 Å². The molecule has 1 aliphatic heterocycles. The molecule has 0 spiro atoms. The number of hydrogen-bond donors (Lipinski definition) is 1. The average Bonchev–Trinajstić information content (AvgIpc) is 2.87.